The highest BCUT2D eigenvalue weighted by Crippen LogP contribution is 2.19. The molecule has 0 aliphatic carbocycles. The fraction of sp³-hybridized carbons (Fsp3) is 1.00. The summed E-state index contributed by atoms with van der Waals surface area (Å²) in [6.45, 7) is 7.16. The highest BCUT2D eigenvalue weighted by molar-refractivity contribution is 4.86. The van der Waals surface area contributed by atoms with E-state index < -0.39 is 5.60 Å². The summed E-state index contributed by atoms with van der Waals surface area (Å²) in [7, 11) is 2.01. The minimum absolute atomic E-state index is 0.470. The Bertz CT molecular complexity index is 169. The molecule has 0 spiro atoms. The first-order valence-corrected chi connectivity index (χ1v) is 5.75. The minimum Gasteiger partial charge on any atom is -0.389 e. The van der Waals surface area contributed by atoms with Gasteiger partial charge < -0.3 is 10.4 Å². The van der Waals surface area contributed by atoms with Crippen LogP contribution in [0.25, 0.3) is 0 Å². The molecule has 1 saturated heterocycles. The molecule has 3 nitrogen and oxygen atoms in total. The van der Waals surface area contributed by atoms with Crippen LogP contribution in [0.5, 0.6) is 0 Å². The number of nitrogens with zero attached hydrogens (tertiary/aromatic N) is 1. The predicted octanol–water partition coefficient (Wildman–Crippen LogP) is 0.831. The lowest BCUT2D eigenvalue weighted by atomic mass is 9.97. The van der Waals surface area contributed by atoms with E-state index in [2.05, 4.69) is 24.1 Å². The number of likely N-dealkylation sites (N-methyl/N-ethyl adjacent to an activating group) is 1. The molecule has 14 heavy (non-hydrogen) atoms. The molecule has 1 aliphatic rings. The van der Waals surface area contributed by atoms with Gasteiger partial charge in [-0.05, 0) is 32.9 Å². The largest absolute Gasteiger partial charge is 0.389 e. The summed E-state index contributed by atoms with van der Waals surface area (Å²) in [4.78, 5) is 2.37. The molecule has 1 heterocycles. The zero-order valence-electron chi connectivity index (χ0n) is 9.71. The predicted molar refractivity (Wildman–Crippen MR) is 59.4 cm³/mol. The average Bonchev–Trinajstić information content (AvgIpc) is 2.65. The highest BCUT2D eigenvalue weighted by Gasteiger charge is 2.29. The van der Waals surface area contributed by atoms with Crippen LogP contribution >= 0.6 is 0 Å². The van der Waals surface area contributed by atoms with Gasteiger partial charge in [0.2, 0.25) is 0 Å². The molecule has 1 aliphatic heterocycles. The number of aliphatic hydroxyl groups is 1. The van der Waals surface area contributed by atoms with Crippen LogP contribution in [0.4, 0.5) is 0 Å². The monoisotopic (exact) mass is 200 g/mol. The first-order valence-electron chi connectivity index (χ1n) is 5.75. The first kappa shape index (κ1) is 12.0. The Kier molecular flexibility index (Phi) is 4.35. The van der Waals surface area contributed by atoms with Crippen LogP contribution in [0.2, 0.25) is 0 Å². The molecule has 0 saturated carbocycles. The molecule has 3 heteroatoms. The number of nitrogens with one attached hydrogen (secondary N) is 1. The lowest BCUT2D eigenvalue weighted by Crippen LogP contribution is -2.42. The van der Waals surface area contributed by atoms with Gasteiger partial charge in [0.15, 0.2) is 0 Å². The van der Waals surface area contributed by atoms with Gasteiger partial charge in [-0.3, -0.25) is 4.90 Å². The topological polar surface area (TPSA) is 35.5 Å². The quantitative estimate of drug-likeness (QED) is 0.690. The van der Waals surface area contributed by atoms with Gasteiger partial charge >= 0.3 is 0 Å². The SMILES string of the molecule is CCC(O)(CC)CN1CCC(NC)C1. The van der Waals surface area contributed by atoms with Crippen molar-refractivity contribution in [1.29, 1.82) is 0 Å². The molecular formula is C11H24N2O. The normalized spacial score (nSPS) is 24.4. The lowest BCUT2D eigenvalue weighted by molar-refractivity contribution is 0.00205. The van der Waals surface area contributed by atoms with E-state index in [-0.39, 0.29) is 0 Å². The molecule has 1 unspecified atom stereocenters. The van der Waals surface area contributed by atoms with E-state index in [0.717, 1.165) is 32.5 Å². The van der Waals surface area contributed by atoms with Crippen LogP contribution in [0, 0.1) is 0 Å². The van der Waals surface area contributed by atoms with E-state index in [0.29, 0.717) is 6.04 Å². The molecule has 1 atom stereocenters. The van der Waals surface area contributed by atoms with Crippen molar-refractivity contribution in [3.63, 3.8) is 0 Å². The van der Waals surface area contributed by atoms with Crippen LogP contribution < -0.4 is 5.32 Å². The minimum atomic E-state index is -0.470. The molecule has 2 N–H and O–H groups in total. The Hall–Kier alpha value is -0.120. The maximum atomic E-state index is 10.2. The number of hydrogen-bond donors (Lipinski definition) is 2. The molecule has 0 aromatic rings. The second-order valence-electron chi connectivity index (χ2n) is 4.44. The van der Waals surface area contributed by atoms with E-state index in [4.69, 9.17) is 0 Å². The van der Waals surface area contributed by atoms with Crippen molar-refractivity contribution in [2.45, 2.75) is 44.8 Å². The smallest absolute Gasteiger partial charge is 0.0768 e. The fourth-order valence-electron chi connectivity index (χ4n) is 2.10. The van der Waals surface area contributed by atoms with E-state index >= 15 is 0 Å². The molecular weight excluding hydrogens is 176 g/mol. The Labute approximate surface area is 87.5 Å². The highest BCUT2D eigenvalue weighted by atomic mass is 16.3. The van der Waals surface area contributed by atoms with Gasteiger partial charge in [0.1, 0.15) is 0 Å². The van der Waals surface area contributed by atoms with Crippen molar-refractivity contribution >= 4 is 0 Å². The van der Waals surface area contributed by atoms with Gasteiger partial charge in [-0.15, -0.1) is 0 Å². The Morgan fingerprint density at radius 1 is 1.43 bits per heavy atom. The second-order valence-corrected chi connectivity index (χ2v) is 4.44. The van der Waals surface area contributed by atoms with Gasteiger partial charge in [-0.25, -0.2) is 0 Å². The lowest BCUT2D eigenvalue weighted by Gasteiger charge is -2.30. The van der Waals surface area contributed by atoms with E-state index in [9.17, 15) is 5.11 Å². The molecule has 0 amide bonds. The zero-order valence-corrected chi connectivity index (χ0v) is 9.71. The molecule has 0 aromatic heterocycles. The summed E-state index contributed by atoms with van der Waals surface area (Å²) >= 11 is 0. The molecule has 84 valence electrons. The third-order valence-corrected chi connectivity index (χ3v) is 3.51. The second kappa shape index (κ2) is 5.10. The molecule has 0 aromatic carbocycles. The number of hydrogen-bond acceptors (Lipinski definition) is 3. The maximum absolute atomic E-state index is 10.2. The van der Waals surface area contributed by atoms with Crippen molar-refractivity contribution in [3.8, 4) is 0 Å². The van der Waals surface area contributed by atoms with Crippen molar-refractivity contribution in [2.75, 3.05) is 26.7 Å². The van der Waals surface area contributed by atoms with Crippen molar-refractivity contribution in [2.24, 2.45) is 0 Å². The summed E-state index contributed by atoms with van der Waals surface area (Å²) in [5.41, 5.74) is -0.470. The summed E-state index contributed by atoms with van der Waals surface area (Å²) in [6.07, 6.45) is 2.91. The third kappa shape index (κ3) is 2.94. The van der Waals surface area contributed by atoms with Crippen LogP contribution in [-0.2, 0) is 0 Å². The molecule has 1 fully saturated rings. The van der Waals surface area contributed by atoms with E-state index in [1.54, 1.807) is 0 Å². The fourth-order valence-corrected chi connectivity index (χ4v) is 2.10. The molecule has 0 radical (unpaired) electrons. The summed E-state index contributed by atoms with van der Waals surface area (Å²) < 4.78 is 0. The first-order chi connectivity index (χ1) is 6.63. The summed E-state index contributed by atoms with van der Waals surface area (Å²) in [6, 6.07) is 0.618. The Balaban J connectivity index is 2.37. The van der Waals surface area contributed by atoms with Crippen LogP contribution in [0.15, 0.2) is 0 Å². The van der Waals surface area contributed by atoms with Gasteiger partial charge in [0, 0.05) is 19.1 Å². The van der Waals surface area contributed by atoms with Gasteiger partial charge in [0.25, 0.3) is 0 Å². The van der Waals surface area contributed by atoms with Crippen LogP contribution in [0.1, 0.15) is 33.1 Å². The number of likely N-dealkylation sites (tertiary alicyclic amines) is 1. The molecule has 1 rings (SSSR count). The van der Waals surface area contributed by atoms with Crippen LogP contribution in [-0.4, -0.2) is 48.3 Å². The van der Waals surface area contributed by atoms with Crippen molar-refractivity contribution in [3.05, 3.63) is 0 Å². The van der Waals surface area contributed by atoms with Crippen molar-refractivity contribution < 1.29 is 5.11 Å². The van der Waals surface area contributed by atoms with Gasteiger partial charge in [0.05, 0.1) is 5.60 Å². The summed E-state index contributed by atoms with van der Waals surface area (Å²) in [5.74, 6) is 0. The van der Waals surface area contributed by atoms with Gasteiger partial charge in [-0.2, -0.15) is 0 Å². The van der Waals surface area contributed by atoms with Crippen molar-refractivity contribution in [1.82, 2.24) is 10.2 Å². The standard InChI is InChI=1S/C11H24N2O/c1-4-11(14,5-2)9-13-7-6-10(8-13)12-3/h10,12,14H,4-9H2,1-3H3. The number of β-amino-alcohol motifs (C(OH)–C–C–N with tert-alkyl or cyclic N) is 1. The van der Waals surface area contributed by atoms with E-state index in [1.165, 1.54) is 6.42 Å². The summed E-state index contributed by atoms with van der Waals surface area (Å²) in [5, 5.41) is 13.5. The zero-order chi connectivity index (χ0) is 10.6. The number of rotatable bonds is 5. The Morgan fingerprint density at radius 3 is 2.50 bits per heavy atom. The van der Waals surface area contributed by atoms with Gasteiger partial charge in [-0.1, -0.05) is 13.8 Å². The molecule has 0 bridgehead atoms. The average molecular weight is 200 g/mol. The van der Waals surface area contributed by atoms with E-state index in [1.807, 2.05) is 7.05 Å². The Morgan fingerprint density at radius 2 is 2.07 bits per heavy atom. The third-order valence-electron chi connectivity index (χ3n) is 3.51. The van der Waals surface area contributed by atoms with Crippen LogP contribution in [0.3, 0.4) is 0 Å². The maximum Gasteiger partial charge on any atom is 0.0768 e.